The van der Waals surface area contributed by atoms with Crippen LogP contribution in [0.2, 0.25) is 0 Å². The number of hydrogen-bond acceptors (Lipinski definition) is 6. The number of hydrogen-bond donors (Lipinski definition) is 1. The van der Waals surface area contributed by atoms with Gasteiger partial charge in [-0.2, -0.15) is 13.2 Å². The Morgan fingerprint density at radius 3 is 2.61 bits per heavy atom. The van der Waals surface area contributed by atoms with Gasteiger partial charge in [0.1, 0.15) is 24.0 Å². The van der Waals surface area contributed by atoms with Crippen LogP contribution in [-0.4, -0.2) is 26.0 Å². The van der Waals surface area contributed by atoms with Crippen LogP contribution in [0.5, 0.6) is 11.5 Å². The number of rotatable bonds is 6. The van der Waals surface area contributed by atoms with Crippen LogP contribution in [0.3, 0.4) is 0 Å². The third kappa shape index (κ3) is 4.96. The van der Waals surface area contributed by atoms with Crippen LogP contribution in [0.1, 0.15) is 41.9 Å². The van der Waals surface area contributed by atoms with Crippen LogP contribution in [0, 0.1) is 5.92 Å². The van der Waals surface area contributed by atoms with Gasteiger partial charge in [0.05, 0.1) is 19.8 Å². The first-order valence-corrected chi connectivity index (χ1v) is 11.4. The normalized spacial score (nSPS) is 19.9. The van der Waals surface area contributed by atoms with Crippen molar-refractivity contribution in [3.8, 4) is 11.5 Å². The Hall–Kier alpha value is -3.75. The number of ether oxygens (including phenoxy) is 3. The summed E-state index contributed by atoms with van der Waals surface area (Å²) in [6.07, 6.45) is -2.76. The van der Waals surface area contributed by atoms with Gasteiger partial charge in [-0.25, -0.2) is 0 Å². The van der Waals surface area contributed by atoms with Gasteiger partial charge in [-0.15, -0.1) is 0 Å². The zero-order chi connectivity index (χ0) is 26.0. The van der Waals surface area contributed by atoms with Crippen LogP contribution >= 0.6 is 0 Å². The average molecular weight is 502 g/mol. The minimum atomic E-state index is -4.49. The molecule has 0 radical (unpaired) electrons. The molecule has 1 heterocycles. The lowest BCUT2D eigenvalue weighted by molar-refractivity contribution is -0.145. The molecule has 6 nitrogen and oxygen atoms in total. The maximum Gasteiger partial charge on any atom is 0.416 e. The van der Waals surface area contributed by atoms with Crippen molar-refractivity contribution in [1.29, 1.82) is 0 Å². The molecule has 0 spiro atoms. The highest BCUT2D eigenvalue weighted by molar-refractivity contribution is 6.00. The Bertz CT molecular complexity index is 1230. The van der Waals surface area contributed by atoms with E-state index in [1.54, 1.807) is 18.2 Å². The van der Waals surface area contributed by atoms with Crippen LogP contribution in [0.15, 0.2) is 66.0 Å². The second-order valence-electron chi connectivity index (χ2n) is 8.68. The van der Waals surface area contributed by atoms with Crippen molar-refractivity contribution >= 4 is 11.8 Å². The molecule has 2 aromatic carbocycles. The van der Waals surface area contributed by atoms with E-state index in [-0.39, 0.29) is 18.1 Å². The molecule has 2 unspecified atom stereocenters. The number of benzene rings is 2. The predicted molar refractivity (Wildman–Crippen MR) is 125 cm³/mol. The van der Waals surface area contributed by atoms with Crippen LogP contribution < -0.4 is 14.8 Å². The number of halogens is 3. The Balaban J connectivity index is 1.72. The highest BCUT2D eigenvalue weighted by Crippen LogP contribution is 2.45. The highest BCUT2D eigenvalue weighted by atomic mass is 19.4. The number of esters is 1. The van der Waals surface area contributed by atoms with E-state index in [0.29, 0.717) is 47.4 Å². The molecular weight excluding hydrogens is 475 g/mol. The zero-order valence-electron chi connectivity index (χ0n) is 19.9. The van der Waals surface area contributed by atoms with Crippen molar-refractivity contribution in [2.75, 3.05) is 14.2 Å². The molecule has 2 aromatic rings. The molecule has 0 bridgehead atoms. The number of alkyl halides is 3. The Kier molecular flexibility index (Phi) is 7.10. The quantitative estimate of drug-likeness (QED) is 0.543. The topological polar surface area (TPSA) is 73.9 Å². The second-order valence-corrected chi connectivity index (χ2v) is 8.68. The standard InChI is InChI=1S/C27H26F3NO5/c1-15-23(26(33)35-3)24(25-20(31-15)8-5-9-21(25)32)16-10-11-22(34-2)17(12-16)14-36-19-7-4-6-18(13-19)27(28,29)30/h4,6-7,10-13,23-24,31H,1,5,8-9,14H2,2-3H3. The van der Waals surface area contributed by atoms with Crippen LogP contribution in [0.25, 0.3) is 0 Å². The third-order valence-corrected chi connectivity index (χ3v) is 6.46. The van der Waals surface area contributed by atoms with Crippen LogP contribution in [-0.2, 0) is 27.1 Å². The number of carbonyl (C=O) groups is 2. The van der Waals surface area contributed by atoms with Crippen molar-refractivity contribution in [1.82, 2.24) is 5.32 Å². The molecule has 4 rings (SSSR count). The molecule has 0 saturated carbocycles. The molecule has 0 amide bonds. The van der Waals surface area contributed by atoms with Crippen molar-refractivity contribution < 1.29 is 37.0 Å². The van der Waals surface area contributed by atoms with Crippen LogP contribution in [0.4, 0.5) is 13.2 Å². The number of carbonyl (C=O) groups excluding carboxylic acids is 2. The van der Waals surface area contributed by atoms with Gasteiger partial charge in [0.25, 0.3) is 0 Å². The summed E-state index contributed by atoms with van der Waals surface area (Å²) < 4.78 is 55.4. The molecule has 0 saturated heterocycles. The zero-order valence-corrected chi connectivity index (χ0v) is 19.9. The van der Waals surface area contributed by atoms with Gasteiger partial charge in [-0.3, -0.25) is 9.59 Å². The van der Waals surface area contributed by atoms with E-state index in [1.807, 2.05) is 0 Å². The van der Waals surface area contributed by atoms with E-state index in [9.17, 15) is 22.8 Å². The summed E-state index contributed by atoms with van der Waals surface area (Å²) in [5.41, 5.74) is 2.10. The Morgan fingerprint density at radius 1 is 1.14 bits per heavy atom. The second kappa shape index (κ2) is 10.1. The van der Waals surface area contributed by atoms with E-state index in [1.165, 1.54) is 26.4 Å². The van der Waals surface area contributed by atoms with Gasteiger partial charge >= 0.3 is 12.1 Å². The molecule has 36 heavy (non-hydrogen) atoms. The van der Waals surface area contributed by atoms with Gasteiger partial charge < -0.3 is 19.5 Å². The first kappa shape index (κ1) is 25.3. The monoisotopic (exact) mass is 501 g/mol. The fourth-order valence-electron chi connectivity index (χ4n) is 4.79. The summed E-state index contributed by atoms with van der Waals surface area (Å²) in [6, 6.07) is 9.81. The number of ketones is 1. The SMILES string of the molecule is C=C1NC2=C(C(=O)CCC2)C(c2ccc(OC)c(COc3cccc(C(F)(F)F)c3)c2)C1C(=O)OC. The van der Waals surface area contributed by atoms with E-state index < -0.39 is 29.5 Å². The molecular formula is C27H26F3NO5. The molecule has 1 aliphatic carbocycles. The third-order valence-electron chi connectivity index (χ3n) is 6.46. The summed E-state index contributed by atoms with van der Waals surface area (Å²) in [5.74, 6) is -1.54. The fourth-order valence-corrected chi connectivity index (χ4v) is 4.79. The maximum absolute atomic E-state index is 13.1. The Labute approximate surface area is 206 Å². The summed E-state index contributed by atoms with van der Waals surface area (Å²) in [5, 5.41) is 3.14. The summed E-state index contributed by atoms with van der Waals surface area (Å²) in [6.45, 7) is 3.93. The molecule has 1 N–H and O–H groups in total. The largest absolute Gasteiger partial charge is 0.496 e. The van der Waals surface area contributed by atoms with E-state index in [0.717, 1.165) is 17.8 Å². The number of allylic oxidation sites excluding steroid dienone is 2. The molecule has 0 aromatic heterocycles. The molecule has 2 atom stereocenters. The minimum absolute atomic E-state index is 0.0484. The minimum Gasteiger partial charge on any atom is -0.496 e. The maximum atomic E-state index is 13.1. The summed E-state index contributed by atoms with van der Waals surface area (Å²) in [7, 11) is 2.75. The van der Waals surface area contributed by atoms with Crippen molar-refractivity contribution in [2.45, 2.75) is 38.0 Å². The Morgan fingerprint density at radius 2 is 1.92 bits per heavy atom. The predicted octanol–water partition coefficient (Wildman–Crippen LogP) is 5.29. The van der Waals surface area contributed by atoms with Gasteiger partial charge in [-0.05, 0) is 48.7 Å². The molecule has 2 aliphatic rings. The molecule has 1 aliphatic heterocycles. The average Bonchev–Trinajstić information content (AvgIpc) is 2.86. The van der Waals surface area contributed by atoms with Gasteiger partial charge in [-0.1, -0.05) is 18.7 Å². The van der Waals surface area contributed by atoms with Crippen molar-refractivity contribution in [3.05, 3.63) is 82.7 Å². The first-order valence-electron chi connectivity index (χ1n) is 11.4. The molecule has 9 heteroatoms. The van der Waals surface area contributed by atoms with Crippen molar-refractivity contribution in [2.24, 2.45) is 5.92 Å². The van der Waals surface area contributed by atoms with E-state index in [2.05, 4.69) is 11.9 Å². The highest BCUT2D eigenvalue weighted by Gasteiger charge is 2.43. The lowest BCUT2D eigenvalue weighted by Gasteiger charge is -2.38. The fraction of sp³-hybridized carbons (Fsp3) is 0.333. The number of nitrogens with one attached hydrogen (secondary N) is 1. The van der Waals surface area contributed by atoms with E-state index in [4.69, 9.17) is 14.2 Å². The van der Waals surface area contributed by atoms with Gasteiger partial charge in [0.2, 0.25) is 0 Å². The lowest BCUT2D eigenvalue weighted by atomic mass is 9.71. The van der Waals surface area contributed by atoms with Gasteiger partial charge in [0.15, 0.2) is 5.78 Å². The number of methoxy groups -OCH3 is 2. The van der Waals surface area contributed by atoms with Gasteiger partial charge in [0, 0.05) is 34.9 Å². The summed E-state index contributed by atoms with van der Waals surface area (Å²) >= 11 is 0. The smallest absolute Gasteiger partial charge is 0.416 e. The first-order chi connectivity index (χ1) is 17.1. The number of Topliss-reactive ketones (excluding diaryl/α,β-unsaturated/α-hetero) is 1. The molecule has 190 valence electrons. The van der Waals surface area contributed by atoms with Crippen molar-refractivity contribution in [3.63, 3.8) is 0 Å². The summed E-state index contributed by atoms with van der Waals surface area (Å²) in [4.78, 5) is 25.8. The lowest BCUT2D eigenvalue weighted by Crippen LogP contribution is -2.41. The molecule has 0 fully saturated rings. The van der Waals surface area contributed by atoms with E-state index >= 15 is 0 Å².